The first-order chi connectivity index (χ1) is 51.7. The molecule has 0 aliphatic carbocycles. The van der Waals surface area contributed by atoms with E-state index in [0.29, 0.717) is 25.7 Å². The largest absolute Gasteiger partial charge is 0.472 e. The van der Waals surface area contributed by atoms with Gasteiger partial charge in [0.25, 0.3) is 0 Å². The van der Waals surface area contributed by atoms with Gasteiger partial charge in [-0.1, -0.05) is 268 Å². The number of hydrogen-bond donors (Lipinski definition) is 3. The normalized spacial score (nSPS) is 14.8. The van der Waals surface area contributed by atoms with Crippen LogP contribution in [0.3, 0.4) is 0 Å². The Morgan fingerprint density at radius 2 is 0.491 bits per heavy atom. The summed E-state index contributed by atoms with van der Waals surface area (Å²) in [6.45, 7) is 4.36. The Morgan fingerprint density at radius 3 is 0.774 bits per heavy atom. The molecule has 17 nitrogen and oxygen atoms in total. The summed E-state index contributed by atoms with van der Waals surface area (Å²) in [6.07, 6.45) is 93.0. The molecule has 5 atom stereocenters. The maximum atomic E-state index is 13.1. The molecule has 0 aromatic heterocycles. The molecule has 5 unspecified atom stereocenters. The zero-order valence-electron chi connectivity index (χ0n) is 65.5. The molecule has 0 amide bonds. The molecule has 3 N–H and O–H groups in total. The van der Waals surface area contributed by atoms with E-state index in [0.717, 1.165) is 193 Å². The number of aliphatic hydroxyl groups excluding tert-OH is 1. The molecule has 0 aliphatic rings. The van der Waals surface area contributed by atoms with Crippen LogP contribution in [0.5, 0.6) is 0 Å². The first-order valence-corrected chi connectivity index (χ1v) is 43.0. The molecule has 0 bridgehead atoms. The molecule has 106 heavy (non-hydrogen) atoms. The van der Waals surface area contributed by atoms with Crippen molar-refractivity contribution in [2.75, 3.05) is 39.6 Å². The third-order valence-electron chi connectivity index (χ3n) is 15.8. The standard InChI is InChI=1S/C87H140O17P2/c1-5-9-13-17-21-25-29-32-35-38-40-43-46-49-53-56-60-64-68-72-85(90)98-78-83(104-87(92)74-70-66-62-58-54-50-47-44-41-39-36-33-30-26-22-18-14-10-6-2)80-102-106(95,96)100-76-81(88)75-99-105(93,94)101-79-82(103-86(91)73-69-65-61-57-51-28-24-20-16-12-8-4)77-97-84(89)71-67-63-59-55-52-48-45-42-37-34-31-27-23-19-15-11-7-3/h9-11,13-15,20-27,32-37,40-41,43-45,48-50,53-54,81-83,88H,5-8,12,16-19,28-31,38-39,42,46-47,51-52,55-80H2,1-4H3,(H,93,94)(H,95,96)/b13-9-,14-10-,15-11-,24-20-,25-21-,26-22-,27-23-,35-32-,36-33-,37-34-,43-40-,44-41-,48-45-,53-49-,54-50-. The van der Waals surface area contributed by atoms with Crippen LogP contribution in [0.25, 0.3) is 0 Å². The highest BCUT2D eigenvalue weighted by Crippen LogP contribution is 2.45. The Bertz CT molecular complexity index is 2730. The topological polar surface area (TPSA) is 237 Å². The van der Waals surface area contributed by atoms with E-state index >= 15 is 0 Å². The van der Waals surface area contributed by atoms with E-state index in [2.05, 4.69) is 210 Å². The lowest BCUT2D eigenvalue weighted by atomic mass is 10.1. The SMILES string of the molecule is CC/C=C\C/C=C\C/C=C\C/C=C\C/C=C\CCCCCC(=O)OCC(COP(=O)(O)OCC(O)COP(=O)(O)OCC(COC(=O)CCCCCC/C=C\C/C=C\C/C=C\C/C=C\CC)OC(=O)CCCCCCC/C=C\CCCC)OC(=O)CCCCC/C=C\C/C=C\C/C=C\C/C=C\C/C=C\CC. The summed E-state index contributed by atoms with van der Waals surface area (Å²) in [4.78, 5) is 73.0. The third-order valence-corrected chi connectivity index (χ3v) is 17.7. The van der Waals surface area contributed by atoms with Gasteiger partial charge in [0.05, 0.1) is 26.4 Å². The molecule has 0 radical (unpaired) electrons. The van der Waals surface area contributed by atoms with Crippen molar-refractivity contribution >= 4 is 39.5 Å². The minimum atomic E-state index is -5.01. The van der Waals surface area contributed by atoms with E-state index < -0.39 is 97.5 Å². The number of carbonyl (C=O) groups is 4. The van der Waals surface area contributed by atoms with Crippen molar-refractivity contribution in [3.8, 4) is 0 Å². The lowest BCUT2D eigenvalue weighted by Gasteiger charge is -2.21. The van der Waals surface area contributed by atoms with Gasteiger partial charge in [0.1, 0.15) is 19.3 Å². The summed E-state index contributed by atoms with van der Waals surface area (Å²) in [6, 6.07) is 0. The molecule has 0 saturated heterocycles. The summed E-state index contributed by atoms with van der Waals surface area (Å²) in [7, 11) is -10.0. The summed E-state index contributed by atoms with van der Waals surface area (Å²) in [5.41, 5.74) is 0. The Kier molecular flexibility index (Phi) is 73.1. The number of carbonyl (C=O) groups excluding carboxylic acids is 4. The van der Waals surface area contributed by atoms with Gasteiger partial charge in [-0.15, -0.1) is 0 Å². The number of aliphatic hydroxyl groups is 1. The molecule has 0 aromatic rings. The van der Waals surface area contributed by atoms with Crippen LogP contribution in [-0.4, -0.2) is 96.7 Å². The van der Waals surface area contributed by atoms with Crippen molar-refractivity contribution in [3.05, 3.63) is 182 Å². The fourth-order valence-electron chi connectivity index (χ4n) is 9.83. The van der Waals surface area contributed by atoms with Gasteiger partial charge in [-0.25, -0.2) is 9.13 Å². The van der Waals surface area contributed by atoms with Gasteiger partial charge in [0.15, 0.2) is 12.2 Å². The molecular formula is C87H140O17P2. The highest BCUT2D eigenvalue weighted by Gasteiger charge is 2.30. The van der Waals surface area contributed by atoms with Crippen LogP contribution in [0.4, 0.5) is 0 Å². The molecule has 0 heterocycles. The van der Waals surface area contributed by atoms with Crippen LogP contribution in [0.1, 0.15) is 285 Å². The lowest BCUT2D eigenvalue weighted by molar-refractivity contribution is -0.161. The van der Waals surface area contributed by atoms with E-state index in [1.807, 2.05) is 0 Å². The monoisotopic (exact) mass is 1520 g/mol. The van der Waals surface area contributed by atoms with E-state index in [9.17, 15) is 43.2 Å². The molecule has 0 aliphatic heterocycles. The minimum Gasteiger partial charge on any atom is -0.462 e. The van der Waals surface area contributed by atoms with E-state index in [1.165, 1.54) is 12.8 Å². The second-order valence-corrected chi connectivity index (χ2v) is 28.8. The number of phosphoric acid groups is 2. The molecular weight excluding hydrogens is 1380 g/mol. The fourth-order valence-corrected chi connectivity index (χ4v) is 11.4. The smallest absolute Gasteiger partial charge is 0.462 e. The average Bonchev–Trinajstić information content (AvgIpc) is 0.901. The number of ether oxygens (including phenoxy) is 4. The second-order valence-electron chi connectivity index (χ2n) is 25.9. The average molecular weight is 1520 g/mol. The summed E-state index contributed by atoms with van der Waals surface area (Å²) >= 11 is 0. The van der Waals surface area contributed by atoms with Crippen molar-refractivity contribution in [2.24, 2.45) is 0 Å². The van der Waals surface area contributed by atoms with E-state index in [1.54, 1.807) is 0 Å². The Labute approximate surface area is 641 Å². The quantitative estimate of drug-likeness (QED) is 0.0169. The number of rotatable bonds is 73. The van der Waals surface area contributed by atoms with Crippen molar-refractivity contribution in [1.29, 1.82) is 0 Å². The van der Waals surface area contributed by atoms with Gasteiger partial charge in [-0.3, -0.25) is 37.3 Å². The van der Waals surface area contributed by atoms with Crippen LogP contribution < -0.4 is 0 Å². The number of allylic oxidation sites excluding steroid dienone is 30. The molecule has 0 rings (SSSR count). The van der Waals surface area contributed by atoms with E-state index in [-0.39, 0.29) is 25.7 Å². The zero-order chi connectivity index (χ0) is 77.4. The maximum absolute atomic E-state index is 13.1. The molecule has 600 valence electrons. The van der Waals surface area contributed by atoms with Gasteiger partial charge in [-0.05, 0) is 173 Å². The Morgan fingerprint density at radius 1 is 0.274 bits per heavy atom. The summed E-state index contributed by atoms with van der Waals surface area (Å²) < 4.78 is 68.5. The van der Waals surface area contributed by atoms with Crippen molar-refractivity contribution in [2.45, 2.75) is 303 Å². The van der Waals surface area contributed by atoms with Crippen LogP contribution in [0, 0.1) is 0 Å². The van der Waals surface area contributed by atoms with Crippen LogP contribution >= 0.6 is 15.6 Å². The third kappa shape index (κ3) is 76.4. The molecule has 0 aromatic carbocycles. The Balaban J connectivity index is 5.46. The zero-order valence-corrected chi connectivity index (χ0v) is 67.3. The summed E-state index contributed by atoms with van der Waals surface area (Å²) in [5.74, 6) is -2.30. The van der Waals surface area contributed by atoms with Crippen molar-refractivity contribution in [1.82, 2.24) is 0 Å². The minimum absolute atomic E-state index is 0.0402. The highest BCUT2D eigenvalue weighted by atomic mass is 31.2. The first-order valence-electron chi connectivity index (χ1n) is 40.0. The second kappa shape index (κ2) is 77.3. The van der Waals surface area contributed by atoms with Crippen LogP contribution in [0.15, 0.2) is 182 Å². The summed E-state index contributed by atoms with van der Waals surface area (Å²) in [5, 5.41) is 10.6. The van der Waals surface area contributed by atoms with Crippen molar-refractivity contribution < 1.29 is 80.2 Å². The van der Waals surface area contributed by atoms with Gasteiger partial charge >= 0.3 is 39.5 Å². The predicted octanol–water partition coefficient (Wildman–Crippen LogP) is 23.6. The fraction of sp³-hybridized carbons (Fsp3) is 0.609. The Hall–Kier alpha value is -5.84. The number of unbranched alkanes of at least 4 members (excludes halogenated alkanes) is 17. The van der Waals surface area contributed by atoms with Gasteiger partial charge in [-0.2, -0.15) is 0 Å². The van der Waals surface area contributed by atoms with Crippen LogP contribution in [0.2, 0.25) is 0 Å². The number of phosphoric ester groups is 2. The van der Waals surface area contributed by atoms with Crippen molar-refractivity contribution in [3.63, 3.8) is 0 Å². The van der Waals surface area contributed by atoms with Crippen LogP contribution in [-0.2, 0) is 65.4 Å². The lowest BCUT2D eigenvalue weighted by Crippen LogP contribution is -2.30. The molecule has 0 fully saturated rings. The predicted molar refractivity (Wildman–Crippen MR) is 436 cm³/mol. The number of esters is 4. The van der Waals surface area contributed by atoms with Gasteiger partial charge < -0.3 is 33.8 Å². The first kappa shape index (κ1) is 100. The van der Waals surface area contributed by atoms with Gasteiger partial charge in [0.2, 0.25) is 0 Å². The number of hydrogen-bond acceptors (Lipinski definition) is 15. The molecule has 0 spiro atoms. The van der Waals surface area contributed by atoms with E-state index in [4.69, 9.17) is 37.0 Å². The molecule has 0 saturated carbocycles. The molecule has 19 heteroatoms. The maximum Gasteiger partial charge on any atom is 0.472 e. The highest BCUT2D eigenvalue weighted by molar-refractivity contribution is 7.47. The van der Waals surface area contributed by atoms with Gasteiger partial charge in [0, 0.05) is 25.7 Å².